The van der Waals surface area contributed by atoms with Crippen LogP contribution >= 0.6 is 0 Å². The maximum Gasteiger partial charge on any atom is 0.161 e. The molecular weight excluding hydrogens is 262 g/mol. The molecule has 0 saturated carbocycles. The standard InChI is InChI=1S/C18H29NO2/c1-5-7-14(4)18(19-6-2)15-8-9-16-17(10-15)21-12-13(3)11-20-16/h8-10,13-14,18-19H,5-7,11-12H2,1-4H3. The van der Waals surface area contributed by atoms with E-state index in [-0.39, 0.29) is 0 Å². The Morgan fingerprint density at radius 1 is 1.19 bits per heavy atom. The molecule has 1 aromatic rings. The Bertz CT molecular complexity index is 447. The van der Waals surface area contributed by atoms with Gasteiger partial charge in [0.15, 0.2) is 11.5 Å². The molecule has 0 aromatic heterocycles. The number of nitrogens with one attached hydrogen (secondary N) is 1. The molecule has 0 saturated heterocycles. The van der Waals surface area contributed by atoms with Gasteiger partial charge >= 0.3 is 0 Å². The first-order chi connectivity index (χ1) is 10.2. The monoisotopic (exact) mass is 291 g/mol. The molecular formula is C18H29NO2. The van der Waals surface area contributed by atoms with Crippen LogP contribution in [0.5, 0.6) is 11.5 Å². The summed E-state index contributed by atoms with van der Waals surface area (Å²) < 4.78 is 11.7. The molecule has 3 heteroatoms. The van der Waals surface area contributed by atoms with Crippen molar-refractivity contribution < 1.29 is 9.47 Å². The molecule has 118 valence electrons. The normalized spacial score (nSPS) is 20.7. The molecule has 21 heavy (non-hydrogen) atoms. The van der Waals surface area contributed by atoms with E-state index in [4.69, 9.17) is 9.47 Å². The fourth-order valence-corrected chi connectivity index (χ4v) is 2.95. The molecule has 0 bridgehead atoms. The summed E-state index contributed by atoms with van der Waals surface area (Å²) in [5.41, 5.74) is 1.30. The van der Waals surface area contributed by atoms with Gasteiger partial charge in [0.1, 0.15) is 0 Å². The Hall–Kier alpha value is -1.22. The van der Waals surface area contributed by atoms with Gasteiger partial charge in [0.2, 0.25) is 0 Å². The number of fused-ring (bicyclic) bond motifs is 1. The van der Waals surface area contributed by atoms with Gasteiger partial charge in [-0.2, -0.15) is 0 Å². The topological polar surface area (TPSA) is 30.5 Å². The zero-order valence-electron chi connectivity index (χ0n) is 13.8. The predicted molar refractivity (Wildman–Crippen MR) is 87.1 cm³/mol. The predicted octanol–water partition coefficient (Wildman–Crippen LogP) is 4.18. The van der Waals surface area contributed by atoms with E-state index in [1.54, 1.807) is 0 Å². The van der Waals surface area contributed by atoms with Gasteiger partial charge in [0, 0.05) is 12.0 Å². The average Bonchev–Trinajstić information content (AvgIpc) is 2.67. The summed E-state index contributed by atoms with van der Waals surface area (Å²) in [6.45, 7) is 11.3. The fraction of sp³-hybridized carbons (Fsp3) is 0.667. The van der Waals surface area contributed by atoms with E-state index in [9.17, 15) is 0 Å². The Morgan fingerprint density at radius 2 is 1.90 bits per heavy atom. The summed E-state index contributed by atoms with van der Waals surface area (Å²) in [6, 6.07) is 6.78. The van der Waals surface area contributed by atoms with Crippen LogP contribution in [0.1, 0.15) is 52.1 Å². The van der Waals surface area contributed by atoms with Gasteiger partial charge in [-0.3, -0.25) is 0 Å². The summed E-state index contributed by atoms with van der Waals surface area (Å²) in [5, 5.41) is 3.62. The lowest BCUT2D eigenvalue weighted by Gasteiger charge is -2.25. The molecule has 1 aromatic carbocycles. The third kappa shape index (κ3) is 4.13. The van der Waals surface area contributed by atoms with Crippen molar-refractivity contribution in [3.05, 3.63) is 23.8 Å². The van der Waals surface area contributed by atoms with Gasteiger partial charge in [0.05, 0.1) is 13.2 Å². The first kappa shape index (κ1) is 16.2. The van der Waals surface area contributed by atoms with Crippen molar-refractivity contribution in [3.8, 4) is 11.5 Å². The van der Waals surface area contributed by atoms with Crippen LogP contribution in [-0.2, 0) is 0 Å². The molecule has 0 radical (unpaired) electrons. The Labute approximate surface area is 129 Å². The molecule has 1 aliphatic rings. The van der Waals surface area contributed by atoms with Crippen molar-refractivity contribution in [2.24, 2.45) is 11.8 Å². The third-order valence-corrected chi connectivity index (χ3v) is 4.11. The molecule has 1 aliphatic heterocycles. The van der Waals surface area contributed by atoms with Crippen molar-refractivity contribution >= 4 is 0 Å². The van der Waals surface area contributed by atoms with Crippen molar-refractivity contribution in [2.75, 3.05) is 19.8 Å². The molecule has 0 fully saturated rings. The van der Waals surface area contributed by atoms with Crippen LogP contribution in [0.4, 0.5) is 0 Å². The van der Waals surface area contributed by atoms with Crippen molar-refractivity contribution in [1.29, 1.82) is 0 Å². The SMILES string of the molecule is CCCC(C)C(NCC)c1ccc2c(c1)OCC(C)CO2. The number of benzene rings is 1. The highest BCUT2D eigenvalue weighted by Crippen LogP contribution is 2.35. The zero-order valence-corrected chi connectivity index (χ0v) is 13.8. The maximum absolute atomic E-state index is 5.92. The van der Waals surface area contributed by atoms with Crippen LogP contribution in [0, 0.1) is 11.8 Å². The Balaban J connectivity index is 2.22. The highest BCUT2D eigenvalue weighted by atomic mass is 16.5. The summed E-state index contributed by atoms with van der Waals surface area (Å²) in [6.07, 6.45) is 2.44. The van der Waals surface area contributed by atoms with E-state index in [1.165, 1.54) is 18.4 Å². The minimum Gasteiger partial charge on any atom is -0.489 e. The van der Waals surface area contributed by atoms with E-state index in [0.717, 1.165) is 31.3 Å². The highest BCUT2D eigenvalue weighted by molar-refractivity contribution is 5.44. The van der Waals surface area contributed by atoms with E-state index in [1.807, 2.05) is 0 Å². The molecule has 0 amide bonds. The number of hydrogen-bond donors (Lipinski definition) is 1. The van der Waals surface area contributed by atoms with Crippen LogP contribution in [0.2, 0.25) is 0 Å². The molecule has 3 unspecified atom stereocenters. The molecule has 1 heterocycles. The second-order valence-electron chi connectivity index (χ2n) is 6.23. The van der Waals surface area contributed by atoms with Crippen LogP contribution in [0.25, 0.3) is 0 Å². The number of hydrogen-bond acceptors (Lipinski definition) is 3. The lowest BCUT2D eigenvalue weighted by molar-refractivity contribution is 0.228. The van der Waals surface area contributed by atoms with Gasteiger partial charge in [-0.05, 0) is 36.6 Å². The van der Waals surface area contributed by atoms with Gasteiger partial charge in [-0.15, -0.1) is 0 Å². The lowest BCUT2D eigenvalue weighted by Crippen LogP contribution is -2.26. The van der Waals surface area contributed by atoms with E-state index in [0.29, 0.717) is 17.9 Å². The first-order valence-electron chi connectivity index (χ1n) is 8.28. The summed E-state index contributed by atoms with van der Waals surface area (Å²) >= 11 is 0. The Morgan fingerprint density at radius 3 is 2.57 bits per heavy atom. The minimum atomic E-state index is 0.379. The van der Waals surface area contributed by atoms with Crippen LogP contribution in [0.3, 0.4) is 0 Å². The van der Waals surface area contributed by atoms with E-state index < -0.39 is 0 Å². The number of rotatable bonds is 6. The van der Waals surface area contributed by atoms with Gasteiger partial charge in [-0.1, -0.05) is 40.2 Å². The summed E-state index contributed by atoms with van der Waals surface area (Å²) in [5.74, 6) is 2.81. The largest absolute Gasteiger partial charge is 0.489 e. The molecule has 2 rings (SSSR count). The lowest BCUT2D eigenvalue weighted by atomic mass is 9.90. The van der Waals surface area contributed by atoms with E-state index >= 15 is 0 Å². The van der Waals surface area contributed by atoms with Crippen molar-refractivity contribution in [3.63, 3.8) is 0 Å². The maximum atomic E-state index is 5.92. The Kier molecular flexibility index (Phi) is 5.92. The fourth-order valence-electron chi connectivity index (χ4n) is 2.95. The molecule has 0 spiro atoms. The van der Waals surface area contributed by atoms with Crippen LogP contribution in [0.15, 0.2) is 18.2 Å². The molecule has 3 atom stereocenters. The smallest absolute Gasteiger partial charge is 0.161 e. The van der Waals surface area contributed by atoms with Crippen molar-refractivity contribution in [2.45, 2.75) is 46.6 Å². The summed E-state index contributed by atoms with van der Waals surface area (Å²) in [4.78, 5) is 0. The number of ether oxygens (including phenoxy) is 2. The minimum absolute atomic E-state index is 0.379. The molecule has 3 nitrogen and oxygen atoms in total. The van der Waals surface area contributed by atoms with Crippen molar-refractivity contribution in [1.82, 2.24) is 5.32 Å². The third-order valence-electron chi connectivity index (χ3n) is 4.11. The van der Waals surface area contributed by atoms with Crippen LogP contribution < -0.4 is 14.8 Å². The second-order valence-corrected chi connectivity index (χ2v) is 6.23. The second kappa shape index (κ2) is 7.69. The van der Waals surface area contributed by atoms with Gasteiger partial charge in [-0.25, -0.2) is 0 Å². The molecule has 0 aliphatic carbocycles. The van der Waals surface area contributed by atoms with Gasteiger partial charge in [0.25, 0.3) is 0 Å². The first-order valence-corrected chi connectivity index (χ1v) is 8.28. The molecule has 1 N–H and O–H groups in total. The highest BCUT2D eigenvalue weighted by Gasteiger charge is 2.21. The van der Waals surface area contributed by atoms with E-state index in [2.05, 4.69) is 51.2 Å². The van der Waals surface area contributed by atoms with Crippen LogP contribution in [-0.4, -0.2) is 19.8 Å². The van der Waals surface area contributed by atoms with Gasteiger partial charge < -0.3 is 14.8 Å². The average molecular weight is 291 g/mol. The summed E-state index contributed by atoms with van der Waals surface area (Å²) in [7, 11) is 0. The quantitative estimate of drug-likeness (QED) is 0.853. The zero-order chi connectivity index (χ0) is 15.2.